The standard InChI is InChI=1S/C12H10F2O3/c13-12(14)7-16-6-10(15)9-5-17-11-4-2-1-3-8(9)11/h1-5,12H,6-7H2. The average Bonchev–Trinajstić information content (AvgIpc) is 2.72. The molecule has 0 aliphatic heterocycles. The van der Waals surface area contributed by atoms with Crippen LogP contribution in [0.4, 0.5) is 8.78 Å². The van der Waals surface area contributed by atoms with Crippen molar-refractivity contribution in [3.8, 4) is 0 Å². The van der Waals surface area contributed by atoms with E-state index in [0.29, 0.717) is 16.5 Å². The number of Topliss-reactive ketones (excluding diaryl/α,β-unsaturated/α-hetero) is 1. The van der Waals surface area contributed by atoms with E-state index in [1.54, 1.807) is 24.3 Å². The lowest BCUT2D eigenvalue weighted by molar-refractivity contribution is 0.0196. The number of furan rings is 1. The topological polar surface area (TPSA) is 39.4 Å². The van der Waals surface area contributed by atoms with Gasteiger partial charge in [-0.1, -0.05) is 18.2 Å². The largest absolute Gasteiger partial charge is 0.464 e. The lowest BCUT2D eigenvalue weighted by Crippen LogP contribution is -2.12. The summed E-state index contributed by atoms with van der Waals surface area (Å²) in [5.74, 6) is -0.365. The first kappa shape index (κ1) is 11.7. The second-order valence-electron chi connectivity index (χ2n) is 3.47. The SMILES string of the molecule is O=C(COCC(F)F)c1coc2ccccc12. The van der Waals surface area contributed by atoms with E-state index in [0.717, 1.165) is 0 Å². The van der Waals surface area contributed by atoms with Crippen molar-refractivity contribution in [3.63, 3.8) is 0 Å². The number of ketones is 1. The van der Waals surface area contributed by atoms with Gasteiger partial charge in [-0.15, -0.1) is 0 Å². The molecule has 0 N–H and O–H groups in total. The molecule has 0 bridgehead atoms. The molecule has 1 heterocycles. The number of rotatable bonds is 5. The van der Waals surface area contributed by atoms with Gasteiger partial charge < -0.3 is 9.15 Å². The highest BCUT2D eigenvalue weighted by Gasteiger charge is 2.14. The van der Waals surface area contributed by atoms with Gasteiger partial charge in [-0.25, -0.2) is 8.78 Å². The minimum atomic E-state index is -2.57. The van der Waals surface area contributed by atoms with Crippen LogP contribution in [0.3, 0.4) is 0 Å². The molecule has 0 amide bonds. The minimum Gasteiger partial charge on any atom is -0.464 e. The van der Waals surface area contributed by atoms with E-state index in [2.05, 4.69) is 4.74 Å². The third-order valence-electron chi connectivity index (χ3n) is 2.26. The zero-order valence-corrected chi connectivity index (χ0v) is 8.86. The summed E-state index contributed by atoms with van der Waals surface area (Å²) in [4.78, 5) is 11.7. The third kappa shape index (κ3) is 2.68. The Morgan fingerprint density at radius 3 is 2.88 bits per heavy atom. The number of halogens is 2. The number of para-hydroxylation sites is 1. The summed E-state index contributed by atoms with van der Waals surface area (Å²) < 4.78 is 33.4. The zero-order chi connectivity index (χ0) is 12.3. The predicted molar refractivity (Wildman–Crippen MR) is 57.4 cm³/mol. The summed E-state index contributed by atoms with van der Waals surface area (Å²) in [6.07, 6.45) is -1.25. The van der Waals surface area contributed by atoms with Crippen molar-refractivity contribution in [3.05, 3.63) is 36.1 Å². The monoisotopic (exact) mass is 240 g/mol. The van der Waals surface area contributed by atoms with Crippen LogP contribution in [0.2, 0.25) is 0 Å². The van der Waals surface area contributed by atoms with Crippen LogP contribution in [0.25, 0.3) is 11.0 Å². The highest BCUT2D eigenvalue weighted by molar-refractivity contribution is 6.07. The number of ether oxygens (including phenoxy) is 1. The van der Waals surface area contributed by atoms with Gasteiger partial charge in [-0.2, -0.15) is 0 Å². The Morgan fingerprint density at radius 1 is 1.35 bits per heavy atom. The number of fused-ring (bicyclic) bond motifs is 1. The molecule has 0 atom stereocenters. The first-order chi connectivity index (χ1) is 8.18. The van der Waals surface area contributed by atoms with Gasteiger partial charge in [0, 0.05) is 5.39 Å². The maximum atomic E-state index is 11.8. The van der Waals surface area contributed by atoms with Crippen LogP contribution < -0.4 is 0 Å². The molecule has 2 rings (SSSR count). The van der Waals surface area contributed by atoms with Crippen LogP contribution in [0.5, 0.6) is 0 Å². The number of hydrogen-bond acceptors (Lipinski definition) is 3. The van der Waals surface area contributed by atoms with Gasteiger partial charge in [0.05, 0.1) is 5.56 Å². The molecule has 0 unspecified atom stereocenters. The smallest absolute Gasteiger partial charge is 0.261 e. The molecule has 0 radical (unpaired) electrons. The molecule has 1 aromatic heterocycles. The van der Waals surface area contributed by atoms with Crippen LogP contribution >= 0.6 is 0 Å². The van der Waals surface area contributed by atoms with Crippen molar-refractivity contribution in [2.75, 3.05) is 13.2 Å². The summed E-state index contributed by atoms with van der Waals surface area (Å²) >= 11 is 0. The summed E-state index contributed by atoms with van der Waals surface area (Å²) in [6.45, 7) is -1.10. The Hall–Kier alpha value is -1.75. The molecule has 90 valence electrons. The van der Waals surface area contributed by atoms with Gasteiger partial charge >= 0.3 is 0 Å². The normalized spacial score (nSPS) is 11.2. The highest BCUT2D eigenvalue weighted by atomic mass is 19.3. The van der Waals surface area contributed by atoms with Gasteiger partial charge in [-0.3, -0.25) is 4.79 Å². The molecule has 17 heavy (non-hydrogen) atoms. The second kappa shape index (κ2) is 5.05. The number of alkyl halides is 2. The summed E-state index contributed by atoms with van der Waals surface area (Å²) in [5.41, 5.74) is 0.944. The molecule has 0 spiro atoms. The molecule has 2 aromatic rings. The maximum absolute atomic E-state index is 11.8. The molecule has 3 nitrogen and oxygen atoms in total. The molecule has 0 aliphatic carbocycles. The van der Waals surface area contributed by atoms with Crippen LogP contribution in [-0.4, -0.2) is 25.4 Å². The van der Waals surface area contributed by atoms with E-state index >= 15 is 0 Å². The zero-order valence-electron chi connectivity index (χ0n) is 8.86. The fraction of sp³-hybridized carbons (Fsp3) is 0.250. The summed E-state index contributed by atoms with van der Waals surface area (Å²) in [6, 6.07) is 7.02. The van der Waals surface area contributed by atoms with Crippen LogP contribution in [0.15, 0.2) is 34.9 Å². The van der Waals surface area contributed by atoms with E-state index in [1.165, 1.54) is 6.26 Å². The molecule has 0 aliphatic rings. The highest BCUT2D eigenvalue weighted by Crippen LogP contribution is 2.21. The first-order valence-electron chi connectivity index (χ1n) is 5.04. The van der Waals surface area contributed by atoms with Gasteiger partial charge in [0.25, 0.3) is 6.43 Å². The van der Waals surface area contributed by atoms with Crippen molar-refractivity contribution >= 4 is 16.8 Å². The number of carbonyl (C=O) groups is 1. The molecule has 0 fully saturated rings. The van der Waals surface area contributed by atoms with Crippen molar-refractivity contribution < 1.29 is 22.7 Å². The fourth-order valence-corrected chi connectivity index (χ4v) is 1.51. The number of benzene rings is 1. The summed E-state index contributed by atoms with van der Waals surface area (Å²) in [7, 11) is 0. The minimum absolute atomic E-state index is 0.356. The Balaban J connectivity index is 2.09. The number of carbonyl (C=O) groups excluding carboxylic acids is 1. The van der Waals surface area contributed by atoms with E-state index in [-0.39, 0.29) is 12.4 Å². The quantitative estimate of drug-likeness (QED) is 0.754. The van der Waals surface area contributed by atoms with Gasteiger partial charge in [0.15, 0.2) is 5.78 Å². The second-order valence-corrected chi connectivity index (χ2v) is 3.47. The van der Waals surface area contributed by atoms with Gasteiger partial charge in [0.1, 0.15) is 25.1 Å². The lowest BCUT2D eigenvalue weighted by Gasteiger charge is -2.01. The first-order valence-corrected chi connectivity index (χ1v) is 5.04. The van der Waals surface area contributed by atoms with Gasteiger partial charge in [0.2, 0.25) is 0 Å². The number of hydrogen-bond donors (Lipinski definition) is 0. The van der Waals surface area contributed by atoms with Gasteiger partial charge in [-0.05, 0) is 6.07 Å². The Labute approximate surface area is 96.0 Å². The van der Waals surface area contributed by atoms with Crippen molar-refractivity contribution in [2.24, 2.45) is 0 Å². The molecule has 0 saturated carbocycles. The van der Waals surface area contributed by atoms with E-state index in [9.17, 15) is 13.6 Å². The summed E-state index contributed by atoms with van der Waals surface area (Å²) in [5, 5.41) is 0.665. The molecule has 0 saturated heterocycles. The average molecular weight is 240 g/mol. The van der Waals surface area contributed by atoms with Crippen LogP contribution in [0, 0.1) is 0 Å². The Kier molecular flexibility index (Phi) is 3.49. The van der Waals surface area contributed by atoms with Crippen LogP contribution in [0.1, 0.15) is 10.4 Å². The lowest BCUT2D eigenvalue weighted by atomic mass is 10.1. The van der Waals surface area contributed by atoms with Crippen molar-refractivity contribution in [1.82, 2.24) is 0 Å². The van der Waals surface area contributed by atoms with E-state index < -0.39 is 13.0 Å². The van der Waals surface area contributed by atoms with Crippen molar-refractivity contribution in [2.45, 2.75) is 6.43 Å². The molecular formula is C12H10F2O3. The fourth-order valence-electron chi connectivity index (χ4n) is 1.51. The third-order valence-corrected chi connectivity index (χ3v) is 2.26. The molecule has 1 aromatic carbocycles. The molecule has 5 heteroatoms. The predicted octanol–water partition coefficient (Wildman–Crippen LogP) is 2.90. The molecular weight excluding hydrogens is 230 g/mol. The van der Waals surface area contributed by atoms with Crippen molar-refractivity contribution in [1.29, 1.82) is 0 Å². The Morgan fingerprint density at radius 2 is 2.12 bits per heavy atom. The van der Waals surface area contributed by atoms with E-state index in [4.69, 9.17) is 4.42 Å². The van der Waals surface area contributed by atoms with E-state index in [1.807, 2.05) is 0 Å². The Bertz CT molecular complexity index is 519. The van der Waals surface area contributed by atoms with Crippen LogP contribution in [-0.2, 0) is 4.74 Å². The maximum Gasteiger partial charge on any atom is 0.261 e.